The lowest BCUT2D eigenvalue weighted by atomic mass is 10.1. The van der Waals surface area contributed by atoms with Crippen LogP contribution in [0.25, 0.3) is 0 Å². The molecule has 0 heterocycles. The molecule has 0 aliphatic heterocycles. The highest BCUT2D eigenvalue weighted by Crippen LogP contribution is 2.22. The molecule has 0 unspecified atom stereocenters. The summed E-state index contributed by atoms with van der Waals surface area (Å²) in [6, 6.07) is 4.05. The molecule has 0 fully saturated rings. The van der Waals surface area contributed by atoms with Crippen LogP contribution in [0.5, 0.6) is 0 Å². The minimum absolute atomic E-state index is 0.0756. The van der Waals surface area contributed by atoms with Crippen molar-refractivity contribution in [3.63, 3.8) is 0 Å². The number of carbonyl (C=O) groups excluding carboxylic acids is 2. The number of rotatable bonds is 6. The number of esters is 1. The van der Waals surface area contributed by atoms with Crippen LogP contribution in [0.3, 0.4) is 0 Å². The number of benzene rings is 1. The van der Waals surface area contributed by atoms with E-state index in [2.05, 4.69) is 20.7 Å². The highest BCUT2D eigenvalue weighted by atomic mass is 79.9. The molecule has 0 radical (unpaired) electrons. The first-order valence-corrected chi connectivity index (χ1v) is 6.99. The van der Waals surface area contributed by atoms with Crippen LogP contribution in [-0.2, 0) is 9.53 Å². The van der Waals surface area contributed by atoms with E-state index in [1.54, 1.807) is 6.92 Å². The van der Waals surface area contributed by atoms with Gasteiger partial charge in [0.25, 0.3) is 11.6 Å². The smallest absolute Gasteiger partial charge is 0.307 e. The summed E-state index contributed by atoms with van der Waals surface area (Å²) >= 11 is 3.14. The SMILES string of the molecule is CCN(CCC(=O)OC)C(=O)c1cc(Br)cc([N+](=O)[O-])c1. The van der Waals surface area contributed by atoms with Gasteiger partial charge in [-0.1, -0.05) is 15.9 Å². The Hall–Kier alpha value is -1.96. The first-order valence-electron chi connectivity index (χ1n) is 6.20. The fourth-order valence-corrected chi connectivity index (χ4v) is 2.20. The zero-order chi connectivity index (χ0) is 16.0. The summed E-state index contributed by atoms with van der Waals surface area (Å²) in [5.74, 6) is -0.785. The normalized spacial score (nSPS) is 10.0. The second-order valence-corrected chi connectivity index (χ2v) is 5.08. The first kappa shape index (κ1) is 17.1. The van der Waals surface area contributed by atoms with Gasteiger partial charge in [-0.15, -0.1) is 0 Å². The number of ether oxygens (including phenoxy) is 1. The molecule has 1 aromatic rings. The van der Waals surface area contributed by atoms with Crippen LogP contribution >= 0.6 is 15.9 Å². The monoisotopic (exact) mass is 358 g/mol. The fourth-order valence-electron chi connectivity index (χ4n) is 1.72. The van der Waals surface area contributed by atoms with Crippen LogP contribution in [0.1, 0.15) is 23.7 Å². The third-order valence-electron chi connectivity index (χ3n) is 2.82. The fraction of sp³-hybridized carbons (Fsp3) is 0.385. The molecule has 1 rings (SSSR count). The Morgan fingerprint density at radius 3 is 2.57 bits per heavy atom. The summed E-state index contributed by atoms with van der Waals surface area (Å²) in [5.41, 5.74) is 0.0273. The molecule has 0 aliphatic rings. The molecule has 0 atom stereocenters. The number of hydrogen-bond donors (Lipinski definition) is 0. The molecular formula is C13H15BrN2O5. The van der Waals surface area contributed by atoms with E-state index in [-0.39, 0.29) is 30.1 Å². The molecule has 0 aliphatic carbocycles. The van der Waals surface area contributed by atoms with Crippen molar-refractivity contribution >= 4 is 33.5 Å². The van der Waals surface area contributed by atoms with Gasteiger partial charge in [0.15, 0.2) is 0 Å². The van der Waals surface area contributed by atoms with E-state index in [1.807, 2.05) is 0 Å². The number of nitrogens with zero attached hydrogens (tertiary/aromatic N) is 2. The second kappa shape index (κ2) is 7.72. The number of nitro benzene ring substituents is 1. The second-order valence-electron chi connectivity index (χ2n) is 4.17. The minimum Gasteiger partial charge on any atom is -0.469 e. The van der Waals surface area contributed by atoms with Gasteiger partial charge >= 0.3 is 5.97 Å². The summed E-state index contributed by atoms with van der Waals surface area (Å²) in [7, 11) is 1.28. The van der Waals surface area contributed by atoms with Gasteiger partial charge in [-0.25, -0.2) is 0 Å². The van der Waals surface area contributed by atoms with Gasteiger partial charge in [-0.3, -0.25) is 19.7 Å². The van der Waals surface area contributed by atoms with Gasteiger partial charge in [-0.05, 0) is 13.0 Å². The maximum absolute atomic E-state index is 12.3. The molecule has 0 bridgehead atoms. The number of carbonyl (C=O) groups is 2. The van der Waals surface area contributed by atoms with Crippen LogP contribution in [0, 0.1) is 10.1 Å². The van der Waals surface area contributed by atoms with Crippen molar-refractivity contribution < 1.29 is 19.2 Å². The summed E-state index contributed by atoms with van der Waals surface area (Å²) < 4.78 is 4.97. The number of amides is 1. The molecule has 7 nitrogen and oxygen atoms in total. The Labute approximate surface area is 130 Å². The third-order valence-corrected chi connectivity index (χ3v) is 3.28. The van der Waals surface area contributed by atoms with E-state index in [9.17, 15) is 19.7 Å². The molecule has 0 aromatic heterocycles. The predicted octanol–water partition coefficient (Wildman–Crippen LogP) is 2.38. The van der Waals surface area contributed by atoms with Gasteiger partial charge in [-0.2, -0.15) is 0 Å². The van der Waals surface area contributed by atoms with E-state index < -0.39 is 10.9 Å². The molecule has 1 aromatic carbocycles. The third kappa shape index (κ3) is 4.82. The molecular weight excluding hydrogens is 344 g/mol. The van der Waals surface area contributed by atoms with Crippen LogP contribution in [0.4, 0.5) is 5.69 Å². The van der Waals surface area contributed by atoms with E-state index in [0.29, 0.717) is 11.0 Å². The Morgan fingerprint density at radius 2 is 2.05 bits per heavy atom. The van der Waals surface area contributed by atoms with E-state index in [4.69, 9.17) is 0 Å². The lowest BCUT2D eigenvalue weighted by Crippen LogP contribution is -2.33. The maximum atomic E-state index is 12.3. The number of halogens is 1. The van der Waals surface area contributed by atoms with Crippen LogP contribution in [0.2, 0.25) is 0 Å². The van der Waals surface area contributed by atoms with Crippen molar-refractivity contribution in [1.29, 1.82) is 0 Å². The average molecular weight is 359 g/mol. The largest absolute Gasteiger partial charge is 0.469 e. The molecule has 114 valence electrons. The number of hydrogen-bond acceptors (Lipinski definition) is 5. The summed E-state index contributed by atoms with van der Waals surface area (Å²) in [6.07, 6.45) is 0.0756. The molecule has 0 saturated carbocycles. The number of non-ortho nitro benzene ring substituents is 1. The van der Waals surface area contributed by atoms with Gasteiger partial charge in [0.05, 0.1) is 18.5 Å². The Morgan fingerprint density at radius 1 is 1.38 bits per heavy atom. The van der Waals surface area contributed by atoms with Crippen molar-refractivity contribution in [2.24, 2.45) is 0 Å². The van der Waals surface area contributed by atoms with Gasteiger partial charge in [0.1, 0.15) is 0 Å². The molecule has 0 N–H and O–H groups in total. The summed E-state index contributed by atoms with van der Waals surface area (Å²) in [6.45, 7) is 2.35. The number of nitro groups is 1. The predicted molar refractivity (Wildman–Crippen MR) is 79.0 cm³/mol. The van der Waals surface area contributed by atoms with Gasteiger partial charge in [0, 0.05) is 35.3 Å². The zero-order valence-corrected chi connectivity index (χ0v) is 13.3. The molecule has 0 spiro atoms. The molecule has 1 amide bonds. The van der Waals surface area contributed by atoms with Crippen LogP contribution in [0.15, 0.2) is 22.7 Å². The lowest BCUT2D eigenvalue weighted by molar-refractivity contribution is -0.385. The molecule has 0 saturated heterocycles. The van der Waals surface area contributed by atoms with Crippen molar-refractivity contribution in [2.75, 3.05) is 20.2 Å². The molecule has 8 heteroatoms. The average Bonchev–Trinajstić information content (AvgIpc) is 2.46. The zero-order valence-electron chi connectivity index (χ0n) is 11.7. The number of methoxy groups -OCH3 is 1. The van der Waals surface area contributed by atoms with Gasteiger partial charge in [0.2, 0.25) is 0 Å². The van der Waals surface area contributed by atoms with Crippen LogP contribution in [-0.4, -0.2) is 41.9 Å². The Bertz CT molecular complexity index is 561. The molecule has 21 heavy (non-hydrogen) atoms. The van der Waals surface area contributed by atoms with E-state index in [0.717, 1.165) is 0 Å². The minimum atomic E-state index is -0.563. The highest BCUT2D eigenvalue weighted by Gasteiger charge is 2.19. The Balaban J connectivity index is 2.94. The standard InChI is InChI=1S/C13H15BrN2O5/c1-3-15(5-4-12(17)21-2)13(18)9-6-10(14)8-11(7-9)16(19)20/h6-8H,3-5H2,1-2H3. The Kier molecular flexibility index (Phi) is 6.29. The highest BCUT2D eigenvalue weighted by molar-refractivity contribution is 9.10. The van der Waals surface area contributed by atoms with Crippen LogP contribution < -0.4 is 0 Å². The summed E-state index contributed by atoms with van der Waals surface area (Å²) in [5, 5.41) is 10.8. The lowest BCUT2D eigenvalue weighted by Gasteiger charge is -2.20. The van der Waals surface area contributed by atoms with Crippen molar-refractivity contribution in [2.45, 2.75) is 13.3 Å². The topological polar surface area (TPSA) is 89.8 Å². The van der Waals surface area contributed by atoms with Crippen molar-refractivity contribution in [1.82, 2.24) is 4.90 Å². The van der Waals surface area contributed by atoms with E-state index in [1.165, 1.54) is 30.2 Å². The quantitative estimate of drug-likeness (QED) is 0.442. The summed E-state index contributed by atoms with van der Waals surface area (Å²) in [4.78, 5) is 35.2. The van der Waals surface area contributed by atoms with E-state index >= 15 is 0 Å². The van der Waals surface area contributed by atoms with Crippen molar-refractivity contribution in [3.8, 4) is 0 Å². The van der Waals surface area contributed by atoms with Gasteiger partial charge < -0.3 is 9.64 Å². The first-order chi connectivity index (χ1) is 9.88. The maximum Gasteiger partial charge on any atom is 0.307 e. The van der Waals surface area contributed by atoms with Crippen molar-refractivity contribution in [3.05, 3.63) is 38.3 Å².